The maximum Gasteiger partial charge on any atom is 0.124 e. The molecule has 2 aromatic rings. The van der Waals surface area contributed by atoms with Crippen molar-refractivity contribution in [3.63, 3.8) is 0 Å². The highest BCUT2D eigenvalue weighted by molar-refractivity contribution is 6.34. The van der Waals surface area contributed by atoms with Gasteiger partial charge in [-0.2, -0.15) is 5.10 Å². The molecule has 4 nitrogen and oxygen atoms in total. The van der Waals surface area contributed by atoms with Crippen molar-refractivity contribution in [2.45, 2.75) is 19.8 Å². The van der Waals surface area contributed by atoms with E-state index in [1.807, 2.05) is 18.3 Å². The summed E-state index contributed by atoms with van der Waals surface area (Å²) in [4.78, 5) is 0. The van der Waals surface area contributed by atoms with Crippen molar-refractivity contribution in [1.29, 1.82) is 5.41 Å². The molecule has 1 heterocycles. The van der Waals surface area contributed by atoms with Crippen LogP contribution in [0.15, 0.2) is 30.5 Å². The van der Waals surface area contributed by atoms with Crippen LogP contribution < -0.4 is 5.73 Å². The summed E-state index contributed by atoms with van der Waals surface area (Å²) in [6, 6.07) is 7.32. The Hall–Kier alpha value is -1.81. The van der Waals surface area contributed by atoms with Crippen molar-refractivity contribution in [1.82, 2.24) is 9.78 Å². The lowest BCUT2D eigenvalue weighted by Crippen LogP contribution is -2.11. The van der Waals surface area contributed by atoms with Gasteiger partial charge in [-0.3, -0.25) is 5.41 Å². The van der Waals surface area contributed by atoms with Crippen LogP contribution in [-0.4, -0.2) is 15.6 Å². The van der Waals surface area contributed by atoms with Crippen molar-refractivity contribution < 1.29 is 0 Å². The van der Waals surface area contributed by atoms with Gasteiger partial charge in [0, 0.05) is 11.8 Å². The molecule has 0 atom stereocenters. The maximum atomic E-state index is 7.38. The van der Waals surface area contributed by atoms with Gasteiger partial charge in [0.2, 0.25) is 0 Å². The molecule has 0 aliphatic rings. The summed E-state index contributed by atoms with van der Waals surface area (Å²) in [5.74, 6) is 0.355. The summed E-state index contributed by atoms with van der Waals surface area (Å²) in [5, 5.41) is 12.3. The van der Waals surface area contributed by atoms with Gasteiger partial charge in [0.05, 0.1) is 16.4 Å². The molecule has 0 aliphatic heterocycles. The Morgan fingerprint density at radius 2 is 2.11 bits per heavy atom. The summed E-state index contributed by atoms with van der Waals surface area (Å²) in [7, 11) is 0. The van der Waals surface area contributed by atoms with E-state index in [1.165, 1.54) is 0 Å². The molecule has 0 spiro atoms. The largest absolute Gasteiger partial charge is 0.384 e. The molecule has 0 saturated carbocycles. The van der Waals surface area contributed by atoms with Crippen LogP contribution in [0.3, 0.4) is 0 Å². The molecule has 0 aliphatic carbocycles. The Balaban J connectivity index is 2.39. The SMILES string of the molecule is CC(C)c1ccn(-c2ccc(C(=N)N)c(Cl)c2)n1. The van der Waals surface area contributed by atoms with Gasteiger partial charge in [0.25, 0.3) is 0 Å². The van der Waals surface area contributed by atoms with E-state index in [1.54, 1.807) is 16.8 Å². The van der Waals surface area contributed by atoms with Gasteiger partial charge in [-0.1, -0.05) is 25.4 Å². The Labute approximate surface area is 111 Å². The van der Waals surface area contributed by atoms with Gasteiger partial charge in [0.1, 0.15) is 5.84 Å². The first-order valence-corrected chi connectivity index (χ1v) is 6.06. The fourth-order valence-electron chi connectivity index (χ4n) is 1.65. The molecule has 0 bridgehead atoms. The molecule has 3 N–H and O–H groups in total. The smallest absolute Gasteiger partial charge is 0.124 e. The lowest BCUT2D eigenvalue weighted by atomic mass is 10.1. The number of halogens is 1. The summed E-state index contributed by atoms with van der Waals surface area (Å²) in [6.45, 7) is 4.19. The van der Waals surface area contributed by atoms with Crippen LogP contribution in [0, 0.1) is 5.41 Å². The van der Waals surface area contributed by atoms with Crippen LogP contribution in [-0.2, 0) is 0 Å². The third-order valence-corrected chi connectivity index (χ3v) is 3.02. The summed E-state index contributed by atoms with van der Waals surface area (Å²) in [5.41, 5.74) is 7.85. The topological polar surface area (TPSA) is 67.7 Å². The monoisotopic (exact) mass is 262 g/mol. The Morgan fingerprint density at radius 3 is 2.61 bits per heavy atom. The average molecular weight is 263 g/mol. The van der Waals surface area contributed by atoms with E-state index in [9.17, 15) is 0 Å². The van der Waals surface area contributed by atoms with E-state index < -0.39 is 0 Å². The number of hydrogen-bond donors (Lipinski definition) is 2. The van der Waals surface area contributed by atoms with Crippen molar-refractivity contribution in [3.8, 4) is 5.69 Å². The number of nitrogens with zero attached hydrogens (tertiary/aromatic N) is 2. The lowest BCUT2D eigenvalue weighted by Gasteiger charge is -2.06. The predicted octanol–water partition coefficient (Wildman–Crippen LogP) is 2.93. The van der Waals surface area contributed by atoms with E-state index in [-0.39, 0.29) is 5.84 Å². The van der Waals surface area contributed by atoms with E-state index in [0.29, 0.717) is 16.5 Å². The second-order valence-corrected chi connectivity index (χ2v) is 4.82. The highest BCUT2D eigenvalue weighted by Gasteiger charge is 2.08. The Morgan fingerprint density at radius 1 is 1.39 bits per heavy atom. The first kappa shape index (κ1) is 12.6. The quantitative estimate of drug-likeness (QED) is 0.660. The highest BCUT2D eigenvalue weighted by atomic mass is 35.5. The number of hydrogen-bond acceptors (Lipinski definition) is 2. The van der Waals surface area contributed by atoms with Gasteiger partial charge in [-0.25, -0.2) is 4.68 Å². The second kappa shape index (κ2) is 4.82. The van der Waals surface area contributed by atoms with Gasteiger partial charge >= 0.3 is 0 Å². The molecule has 94 valence electrons. The number of aromatic nitrogens is 2. The number of nitrogens with one attached hydrogen (secondary N) is 1. The van der Waals surface area contributed by atoms with E-state index in [4.69, 9.17) is 22.7 Å². The lowest BCUT2D eigenvalue weighted by molar-refractivity contribution is 0.768. The number of nitrogen functional groups attached to an aromatic ring is 1. The zero-order valence-corrected chi connectivity index (χ0v) is 11.1. The third-order valence-electron chi connectivity index (χ3n) is 2.71. The number of rotatable bonds is 3. The van der Waals surface area contributed by atoms with Crippen LogP contribution in [0.4, 0.5) is 0 Å². The number of amidine groups is 1. The molecule has 0 fully saturated rings. The first-order valence-electron chi connectivity index (χ1n) is 5.69. The highest BCUT2D eigenvalue weighted by Crippen LogP contribution is 2.20. The summed E-state index contributed by atoms with van der Waals surface area (Å²) >= 11 is 6.08. The minimum Gasteiger partial charge on any atom is -0.384 e. The molecule has 18 heavy (non-hydrogen) atoms. The standard InChI is InChI=1S/C13H15ClN4/c1-8(2)12-5-6-18(17-12)9-3-4-10(13(15)16)11(14)7-9/h3-8H,1-2H3,(H3,15,16). The van der Waals surface area contributed by atoms with Crippen LogP contribution in [0.2, 0.25) is 5.02 Å². The van der Waals surface area contributed by atoms with Crippen LogP contribution >= 0.6 is 11.6 Å². The van der Waals surface area contributed by atoms with Crippen molar-refractivity contribution >= 4 is 17.4 Å². The van der Waals surface area contributed by atoms with Gasteiger partial charge < -0.3 is 5.73 Å². The molecule has 0 saturated heterocycles. The molecule has 0 amide bonds. The molecule has 0 radical (unpaired) electrons. The molecular formula is C13H15ClN4. The van der Waals surface area contributed by atoms with Gasteiger partial charge in [-0.15, -0.1) is 0 Å². The first-order chi connectivity index (χ1) is 8.49. The third kappa shape index (κ3) is 2.38. The molecule has 1 aromatic carbocycles. The normalized spacial score (nSPS) is 10.9. The molecule has 1 aromatic heterocycles. The van der Waals surface area contributed by atoms with Crippen molar-refractivity contribution in [3.05, 3.63) is 46.7 Å². The van der Waals surface area contributed by atoms with Crippen LogP contribution in [0.5, 0.6) is 0 Å². The minimum absolute atomic E-state index is 0.0325. The van der Waals surface area contributed by atoms with Crippen LogP contribution in [0.25, 0.3) is 5.69 Å². The molecule has 5 heteroatoms. The molecule has 2 rings (SSSR count). The summed E-state index contributed by atoms with van der Waals surface area (Å²) < 4.78 is 1.77. The van der Waals surface area contributed by atoms with E-state index in [0.717, 1.165) is 11.4 Å². The van der Waals surface area contributed by atoms with Gasteiger partial charge in [0.15, 0.2) is 0 Å². The van der Waals surface area contributed by atoms with Crippen molar-refractivity contribution in [2.75, 3.05) is 0 Å². The van der Waals surface area contributed by atoms with E-state index >= 15 is 0 Å². The number of nitrogens with two attached hydrogens (primary N) is 1. The van der Waals surface area contributed by atoms with E-state index in [2.05, 4.69) is 18.9 Å². The average Bonchev–Trinajstić information content (AvgIpc) is 2.77. The van der Waals surface area contributed by atoms with Crippen molar-refractivity contribution in [2.24, 2.45) is 5.73 Å². The maximum absolute atomic E-state index is 7.38. The predicted molar refractivity (Wildman–Crippen MR) is 73.7 cm³/mol. The fraction of sp³-hybridized carbons (Fsp3) is 0.231. The Bertz CT molecular complexity index is 586. The second-order valence-electron chi connectivity index (χ2n) is 4.42. The fourth-order valence-corrected chi connectivity index (χ4v) is 1.93. The summed E-state index contributed by atoms with van der Waals surface area (Å²) in [6.07, 6.45) is 1.90. The zero-order valence-electron chi connectivity index (χ0n) is 10.3. The number of benzene rings is 1. The zero-order chi connectivity index (χ0) is 13.3. The Kier molecular flexibility index (Phi) is 3.39. The van der Waals surface area contributed by atoms with Gasteiger partial charge in [-0.05, 0) is 30.2 Å². The minimum atomic E-state index is -0.0325. The van der Waals surface area contributed by atoms with Crippen LogP contribution in [0.1, 0.15) is 31.0 Å². The molecular weight excluding hydrogens is 248 g/mol. The molecule has 0 unspecified atom stereocenters.